The molecule has 1 fully saturated rings. The Morgan fingerprint density at radius 1 is 1.17 bits per heavy atom. The third-order valence-electron chi connectivity index (χ3n) is 5.32. The smallest absolute Gasteiger partial charge is 0.256 e. The Kier molecular flexibility index (Phi) is 5.71. The first kappa shape index (κ1) is 19.3. The minimum absolute atomic E-state index is 0.0157. The first-order valence-electron chi connectivity index (χ1n) is 9.58. The molecule has 3 aromatic rings. The average molecular weight is 413 g/mol. The highest BCUT2D eigenvalue weighted by Crippen LogP contribution is 2.30. The van der Waals surface area contributed by atoms with Crippen LogP contribution < -0.4 is 10.6 Å². The SMILES string of the molecule is O=C(NCC1CCC(C(=O)Nc2ccncc2Cl)CC1)c1cnn2cccnc12. The van der Waals surface area contributed by atoms with Crippen LogP contribution in [0.15, 0.2) is 43.1 Å². The van der Waals surface area contributed by atoms with E-state index < -0.39 is 0 Å². The number of nitrogens with zero attached hydrogens (tertiary/aromatic N) is 4. The summed E-state index contributed by atoms with van der Waals surface area (Å²) in [6, 6.07) is 3.45. The van der Waals surface area contributed by atoms with Crippen molar-refractivity contribution >= 4 is 34.7 Å². The van der Waals surface area contributed by atoms with Crippen molar-refractivity contribution in [2.75, 3.05) is 11.9 Å². The zero-order valence-corrected chi connectivity index (χ0v) is 16.5. The van der Waals surface area contributed by atoms with Crippen LogP contribution in [0.5, 0.6) is 0 Å². The molecule has 150 valence electrons. The molecule has 0 radical (unpaired) electrons. The highest BCUT2D eigenvalue weighted by atomic mass is 35.5. The van der Waals surface area contributed by atoms with Gasteiger partial charge in [0, 0.05) is 37.3 Å². The third-order valence-corrected chi connectivity index (χ3v) is 5.62. The fraction of sp³-hybridized carbons (Fsp3) is 0.350. The lowest BCUT2D eigenvalue weighted by atomic mass is 9.81. The Morgan fingerprint density at radius 2 is 2.00 bits per heavy atom. The Morgan fingerprint density at radius 3 is 2.79 bits per heavy atom. The molecule has 3 aromatic heterocycles. The zero-order chi connectivity index (χ0) is 20.2. The average Bonchev–Trinajstić information content (AvgIpc) is 3.18. The van der Waals surface area contributed by atoms with Crippen molar-refractivity contribution in [2.45, 2.75) is 25.7 Å². The third kappa shape index (κ3) is 4.37. The van der Waals surface area contributed by atoms with E-state index in [2.05, 4.69) is 25.7 Å². The highest BCUT2D eigenvalue weighted by Gasteiger charge is 2.27. The van der Waals surface area contributed by atoms with Crippen LogP contribution in [0.1, 0.15) is 36.0 Å². The minimum atomic E-state index is -0.175. The Hall–Kier alpha value is -3.00. The number of halogens is 1. The van der Waals surface area contributed by atoms with Gasteiger partial charge < -0.3 is 10.6 Å². The van der Waals surface area contributed by atoms with E-state index in [0.29, 0.717) is 34.4 Å². The lowest BCUT2D eigenvalue weighted by Gasteiger charge is -2.28. The summed E-state index contributed by atoms with van der Waals surface area (Å²) >= 11 is 6.05. The maximum absolute atomic E-state index is 12.5. The van der Waals surface area contributed by atoms with E-state index in [1.54, 1.807) is 35.2 Å². The van der Waals surface area contributed by atoms with Gasteiger partial charge in [-0.25, -0.2) is 9.50 Å². The van der Waals surface area contributed by atoms with E-state index in [1.165, 1.54) is 12.4 Å². The summed E-state index contributed by atoms with van der Waals surface area (Å²) in [5.41, 5.74) is 1.59. The molecule has 1 saturated carbocycles. The van der Waals surface area contributed by atoms with Crippen molar-refractivity contribution in [1.82, 2.24) is 24.9 Å². The molecule has 9 heteroatoms. The number of anilines is 1. The number of aromatic nitrogens is 4. The molecule has 2 amide bonds. The van der Waals surface area contributed by atoms with Crippen molar-refractivity contribution in [3.8, 4) is 0 Å². The van der Waals surface area contributed by atoms with Crippen LogP contribution in [0.25, 0.3) is 5.65 Å². The molecule has 8 nitrogen and oxygen atoms in total. The van der Waals surface area contributed by atoms with Crippen molar-refractivity contribution in [3.63, 3.8) is 0 Å². The summed E-state index contributed by atoms with van der Waals surface area (Å²) in [6.45, 7) is 0.577. The molecule has 1 aliphatic carbocycles. The molecule has 0 unspecified atom stereocenters. The molecule has 29 heavy (non-hydrogen) atoms. The Bertz CT molecular complexity index is 1030. The van der Waals surface area contributed by atoms with Gasteiger partial charge in [0.1, 0.15) is 5.56 Å². The molecule has 0 bridgehead atoms. The van der Waals surface area contributed by atoms with Gasteiger partial charge in [0.15, 0.2) is 5.65 Å². The van der Waals surface area contributed by atoms with Gasteiger partial charge in [-0.2, -0.15) is 5.10 Å². The van der Waals surface area contributed by atoms with Crippen LogP contribution in [0.3, 0.4) is 0 Å². The van der Waals surface area contributed by atoms with E-state index in [0.717, 1.165) is 25.7 Å². The van der Waals surface area contributed by atoms with Crippen LogP contribution in [-0.4, -0.2) is 37.9 Å². The fourth-order valence-corrected chi connectivity index (χ4v) is 3.83. The molecular formula is C20H21ClN6O2. The summed E-state index contributed by atoms with van der Waals surface area (Å²) < 4.78 is 1.58. The maximum atomic E-state index is 12.5. The van der Waals surface area contributed by atoms with Gasteiger partial charge in [-0.05, 0) is 43.7 Å². The van der Waals surface area contributed by atoms with Crippen LogP contribution in [0.2, 0.25) is 5.02 Å². The minimum Gasteiger partial charge on any atom is -0.352 e. The Labute approximate surface area is 172 Å². The molecule has 0 spiro atoms. The molecule has 0 atom stereocenters. The number of fused-ring (bicyclic) bond motifs is 1. The number of carbonyl (C=O) groups excluding carboxylic acids is 2. The van der Waals surface area contributed by atoms with Gasteiger partial charge in [-0.15, -0.1) is 0 Å². The van der Waals surface area contributed by atoms with Gasteiger partial charge in [-0.3, -0.25) is 14.6 Å². The maximum Gasteiger partial charge on any atom is 0.256 e. The second kappa shape index (κ2) is 8.57. The first-order valence-corrected chi connectivity index (χ1v) is 9.96. The summed E-state index contributed by atoms with van der Waals surface area (Å²) in [5, 5.41) is 10.4. The number of pyridine rings is 1. The van der Waals surface area contributed by atoms with Gasteiger partial charge in [-0.1, -0.05) is 11.6 Å². The van der Waals surface area contributed by atoms with Crippen molar-refractivity contribution in [1.29, 1.82) is 0 Å². The molecule has 3 heterocycles. The number of amides is 2. The van der Waals surface area contributed by atoms with Crippen LogP contribution >= 0.6 is 11.6 Å². The second-order valence-corrected chi connectivity index (χ2v) is 7.63. The van der Waals surface area contributed by atoms with Gasteiger partial charge in [0.25, 0.3) is 5.91 Å². The van der Waals surface area contributed by atoms with E-state index >= 15 is 0 Å². The van der Waals surface area contributed by atoms with E-state index in [1.807, 2.05) is 0 Å². The Balaban J connectivity index is 1.26. The molecule has 4 rings (SSSR count). The first-order chi connectivity index (χ1) is 14.1. The quantitative estimate of drug-likeness (QED) is 0.670. The predicted molar refractivity (Wildman–Crippen MR) is 109 cm³/mol. The molecule has 0 aliphatic heterocycles. The van der Waals surface area contributed by atoms with Gasteiger partial charge >= 0.3 is 0 Å². The topological polar surface area (TPSA) is 101 Å². The standard InChI is InChI=1S/C20H21ClN6O2/c21-16-12-22-8-6-17(16)26-19(28)14-4-2-13(3-5-14)10-24-20(29)15-11-25-27-9-1-7-23-18(15)27/h1,6-9,11-14H,2-5,10H2,(H,24,29)(H,22,26,28). The summed E-state index contributed by atoms with van der Waals surface area (Å²) in [5.74, 6) is 0.112. The highest BCUT2D eigenvalue weighted by molar-refractivity contribution is 6.33. The summed E-state index contributed by atoms with van der Waals surface area (Å²) in [7, 11) is 0. The molecule has 0 aromatic carbocycles. The second-order valence-electron chi connectivity index (χ2n) is 7.22. The molecular weight excluding hydrogens is 392 g/mol. The number of hydrogen-bond acceptors (Lipinski definition) is 5. The largest absolute Gasteiger partial charge is 0.352 e. The predicted octanol–water partition coefficient (Wildman–Crippen LogP) is 2.95. The van der Waals surface area contributed by atoms with E-state index in [9.17, 15) is 9.59 Å². The normalized spacial score (nSPS) is 19.1. The van der Waals surface area contributed by atoms with Crippen LogP contribution in [-0.2, 0) is 4.79 Å². The molecule has 1 aliphatic rings. The van der Waals surface area contributed by atoms with Crippen molar-refractivity contribution in [3.05, 3.63) is 53.7 Å². The lowest BCUT2D eigenvalue weighted by Crippen LogP contribution is -2.33. The zero-order valence-electron chi connectivity index (χ0n) is 15.7. The summed E-state index contributed by atoms with van der Waals surface area (Å²) in [6.07, 6.45) is 11.4. The summed E-state index contributed by atoms with van der Waals surface area (Å²) in [4.78, 5) is 33.1. The number of carbonyl (C=O) groups is 2. The van der Waals surface area contributed by atoms with Crippen molar-refractivity contribution in [2.24, 2.45) is 11.8 Å². The lowest BCUT2D eigenvalue weighted by molar-refractivity contribution is -0.121. The van der Waals surface area contributed by atoms with Gasteiger partial charge in [0.2, 0.25) is 5.91 Å². The van der Waals surface area contributed by atoms with E-state index in [-0.39, 0.29) is 17.7 Å². The van der Waals surface area contributed by atoms with Crippen LogP contribution in [0, 0.1) is 11.8 Å². The molecule has 2 N–H and O–H groups in total. The number of hydrogen-bond donors (Lipinski definition) is 2. The van der Waals surface area contributed by atoms with Crippen molar-refractivity contribution < 1.29 is 9.59 Å². The number of nitrogens with one attached hydrogen (secondary N) is 2. The van der Waals surface area contributed by atoms with Gasteiger partial charge in [0.05, 0.1) is 16.9 Å². The fourth-order valence-electron chi connectivity index (χ4n) is 3.66. The molecule has 0 saturated heterocycles. The van der Waals surface area contributed by atoms with Crippen LogP contribution in [0.4, 0.5) is 5.69 Å². The monoisotopic (exact) mass is 412 g/mol. The number of rotatable bonds is 5. The van der Waals surface area contributed by atoms with E-state index in [4.69, 9.17) is 11.6 Å².